The summed E-state index contributed by atoms with van der Waals surface area (Å²) in [5.41, 5.74) is 1.32. The van der Waals surface area contributed by atoms with E-state index in [0.717, 1.165) is 16.2 Å². The van der Waals surface area contributed by atoms with Crippen LogP contribution in [0, 0.1) is 17.0 Å². The molecule has 0 spiro atoms. The fraction of sp³-hybridized carbons (Fsp3) is 0.143. The smallest absolute Gasteiger partial charge is 0.287 e. The highest BCUT2D eigenvalue weighted by Gasteiger charge is 2.12. The van der Waals surface area contributed by atoms with Crippen molar-refractivity contribution in [1.29, 1.82) is 0 Å². The van der Waals surface area contributed by atoms with Crippen LogP contribution in [-0.4, -0.2) is 15.8 Å². The third kappa shape index (κ3) is 4.09. The van der Waals surface area contributed by atoms with Gasteiger partial charge in [0.25, 0.3) is 5.69 Å². The van der Waals surface area contributed by atoms with Gasteiger partial charge in [-0.05, 0) is 30.2 Å². The molecule has 0 unspecified atom stereocenters. The van der Waals surface area contributed by atoms with Crippen molar-refractivity contribution >= 4 is 33.3 Å². The summed E-state index contributed by atoms with van der Waals surface area (Å²) < 4.78 is 0.944. The molecule has 0 aliphatic rings. The zero-order valence-electron chi connectivity index (χ0n) is 11.2. The number of anilines is 1. The van der Waals surface area contributed by atoms with Crippen molar-refractivity contribution in [3.05, 3.63) is 62.2 Å². The van der Waals surface area contributed by atoms with E-state index in [1.54, 1.807) is 6.92 Å². The number of aryl methyl sites for hydroxylation is 1. The third-order valence-electron chi connectivity index (χ3n) is 2.81. The number of aromatic nitrogens is 1. The Morgan fingerprint density at radius 2 is 2.05 bits per heavy atom. The lowest BCUT2D eigenvalue weighted by Crippen LogP contribution is -2.16. The first-order valence-corrected chi connectivity index (χ1v) is 6.90. The number of carbonyl (C=O) groups excluding carboxylic acids is 1. The van der Waals surface area contributed by atoms with Crippen LogP contribution >= 0.6 is 15.9 Å². The van der Waals surface area contributed by atoms with Gasteiger partial charge in [-0.3, -0.25) is 14.9 Å². The Balaban J connectivity index is 2.06. The van der Waals surface area contributed by atoms with Crippen LogP contribution in [-0.2, 0) is 11.2 Å². The number of carbonyl (C=O) groups is 1. The number of nitrogens with zero attached hydrogens (tertiary/aromatic N) is 2. The molecule has 1 heterocycles. The first kappa shape index (κ1) is 15.1. The molecule has 6 nitrogen and oxygen atoms in total. The summed E-state index contributed by atoms with van der Waals surface area (Å²) in [6, 6.07) is 8.79. The predicted molar refractivity (Wildman–Crippen MR) is 82.1 cm³/mol. The molecule has 1 aromatic heterocycles. The summed E-state index contributed by atoms with van der Waals surface area (Å²) in [5.74, 6) is 0.115. The number of hydrogen-bond acceptors (Lipinski definition) is 4. The van der Waals surface area contributed by atoms with Gasteiger partial charge in [0.1, 0.15) is 12.0 Å². The van der Waals surface area contributed by atoms with E-state index in [-0.39, 0.29) is 18.0 Å². The molecule has 7 heteroatoms. The van der Waals surface area contributed by atoms with E-state index in [2.05, 4.69) is 26.2 Å². The Morgan fingerprint density at radius 3 is 2.62 bits per heavy atom. The fourth-order valence-electron chi connectivity index (χ4n) is 1.75. The molecule has 1 aromatic carbocycles. The Hall–Kier alpha value is -2.28. The van der Waals surface area contributed by atoms with Gasteiger partial charge < -0.3 is 5.32 Å². The Labute approximate surface area is 129 Å². The van der Waals surface area contributed by atoms with E-state index >= 15 is 0 Å². The van der Waals surface area contributed by atoms with Crippen molar-refractivity contribution in [2.45, 2.75) is 13.3 Å². The van der Waals surface area contributed by atoms with Crippen LogP contribution in [0.1, 0.15) is 11.1 Å². The second-order valence-corrected chi connectivity index (χ2v) is 5.38. The van der Waals surface area contributed by atoms with Crippen LogP contribution in [0.3, 0.4) is 0 Å². The largest absolute Gasteiger partial charge is 0.310 e. The maximum atomic E-state index is 11.9. The van der Waals surface area contributed by atoms with Crippen LogP contribution in [0.25, 0.3) is 0 Å². The van der Waals surface area contributed by atoms with Gasteiger partial charge in [-0.1, -0.05) is 28.1 Å². The lowest BCUT2D eigenvalue weighted by Gasteiger charge is -2.07. The average Bonchev–Trinajstić information content (AvgIpc) is 2.43. The molecule has 0 atom stereocenters. The zero-order valence-corrected chi connectivity index (χ0v) is 12.8. The van der Waals surface area contributed by atoms with Crippen LogP contribution in [0.2, 0.25) is 0 Å². The molecule has 0 bridgehead atoms. The molecule has 1 N–H and O–H groups in total. The van der Waals surface area contributed by atoms with E-state index in [0.29, 0.717) is 11.4 Å². The lowest BCUT2D eigenvalue weighted by atomic mass is 10.1. The molecule has 0 aliphatic carbocycles. The Bertz CT molecular complexity index is 686. The van der Waals surface area contributed by atoms with E-state index in [4.69, 9.17) is 0 Å². The topological polar surface area (TPSA) is 85.1 Å². The molecule has 0 fully saturated rings. The molecular formula is C14H12BrN3O3. The lowest BCUT2D eigenvalue weighted by molar-refractivity contribution is -0.385. The SMILES string of the molecule is Cc1cc([N+](=O)[O-])cnc1NC(=O)Cc1ccc(Br)cc1. The first-order valence-electron chi connectivity index (χ1n) is 6.11. The van der Waals surface area contributed by atoms with E-state index in [1.807, 2.05) is 24.3 Å². The zero-order chi connectivity index (χ0) is 15.4. The first-order chi connectivity index (χ1) is 9.95. The number of pyridine rings is 1. The van der Waals surface area contributed by atoms with Crippen molar-refractivity contribution in [3.63, 3.8) is 0 Å². The summed E-state index contributed by atoms with van der Waals surface area (Å²) in [4.78, 5) is 26.0. The molecule has 0 saturated heterocycles. The molecule has 0 radical (unpaired) electrons. The van der Waals surface area contributed by atoms with E-state index in [1.165, 1.54) is 6.07 Å². The Kier molecular flexibility index (Phi) is 4.64. The van der Waals surface area contributed by atoms with Gasteiger partial charge in [-0.25, -0.2) is 4.98 Å². The van der Waals surface area contributed by atoms with Crippen LogP contribution in [0.15, 0.2) is 41.0 Å². The molecule has 1 amide bonds. The quantitative estimate of drug-likeness (QED) is 0.678. The van der Waals surface area contributed by atoms with Crippen LogP contribution in [0.4, 0.5) is 11.5 Å². The third-order valence-corrected chi connectivity index (χ3v) is 3.34. The van der Waals surface area contributed by atoms with E-state index < -0.39 is 4.92 Å². The van der Waals surface area contributed by atoms with Crippen molar-refractivity contribution in [2.24, 2.45) is 0 Å². The Morgan fingerprint density at radius 1 is 1.38 bits per heavy atom. The number of benzene rings is 1. The fourth-order valence-corrected chi connectivity index (χ4v) is 2.02. The average molecular weight is 350 g/mol. The highest BCUT2D eigenvalue weighted by atomic mass is 79.9. The maximum absolute atomic E-state index is 11.9. The molecule has 0 aliphatic heterocycles. The van der Waals surface area contributed by atoms with Gasteiger partial charge in [0, 0.05) is 10.5 Å². The standard InChI is InChI=1S/C14H12BrN3O3/c1-9-6-12(18(20)21)8-16-14(9)17-13(19)7-10-2-4-11(15)5-3-10/h2-6,8H,7H2,1H3,(H,16,17,19). The van der Waals surface area contributed by atoms with Crippen molar-refractivity contribution in [1.82, 2.24) is 4.98 Å². The number of hydrogen-bond donors (Lipinski definition) is 1. The van der Waals surface area contributed by atoms with Crippen molar-refractivity contribution in [3.8, 4) is 0 Å². The number of amides is 1. The number of nitro groups is 1. The molecule has 0 saturated carbocycles. The summed E-state index contributed by atoms with van der Waals surface area (Å²) in [5, 5.41) is 13.3. The van der Waals surface area contributed by atoms with Crippen molar-refractivity contribution < 1.29 is 9.72 Å². The minimum Gasteiger partial charge on any atom is -0.310 e. The molecule has 2 rings (SSSR count). The number of nitrogens with one attached hydrogen (secondary N) is 1. The minimum atomic E-state index is -0.520. The summed E-state index contributed by atoms with van der Waals surface area (Å²) in [6.07, 6.45) is 1.34. The monoisotopic (exact) mass is 349 g/mol. The summed E-state index contributed by atoms with van der Waals surface area (Å²) in [7, 11) is 0. The molecule has 108 valence electrons. The normalized spacial score (nSPS) is 10.2. The summed E-state index contributed by atoms with van der Waals surface area (Å²) in [6.45, 7) is 1.66. The molecular weight excluding hydrogens is 338 g/mol. The van der Waals surface area contributed by atoms with E-state index in [9.17, 15) is 14.9 Å². The summed E-state index contributed by atoms with van der Waals surface area (Å²) >= 11 is 3.33. The second-order valence-electron chi connectivity index (χ2n) is 4.47. The predicted octanol–water partition coefficient (Wildman–Crippen LogP) is 3.24. The second kappa shape index (κ2) is 6.45. The van der Waals surface area contributed by atoms with Gasteiger partial charge in [0.15, 0.2) is 0 Å². The van der Waals surface area contributed by atoms with Gasteiger partial charge in [0.2, 0.25) is 5.91 Å². The molecule has 2 aromatic rings. The van der Waals surface area contributed by atoms with Crippen LogP contribution in [0.5, 0.6) is 0 Å². The van der Waals surface area contributed by atoms with Gasteiger partial charge in [-0.2, -0.15) is 0 Å². The van der Waals surface area contributed by atoms with Crippen molar-refractivity contribution in [2.75, 3.05) is 5.32 Å². The van der Waals surface area contributed by atoms with Gasteiger partial charge in [0.05, 0.1) is 11.3 Å². The highest BCUT2D eigenvalue weighted by molar-refractivity contribution is 9.10. The minimum absolute atomic E-state index is 0.0987. The molecule has 21 heavy (non-hydrogen) atoms. The number of halogens is 1. The maximum Gasteiger partial charge on any atom is 0.287 e. The number of rotatable bonds is 4. The van der Waals surface area contributed by atoms with Gasteiger partial charge in [-0.15, -0.1) is 0 Å². The highest BCUT2D eigenvalue weighted by Crippen LogP contribution is 2.18. The van der Waals surface area contributed by atoms with Gasteiger partial charge >= 0.3 is 0 Å². The van der Waals surface area contributed by atoms with Crippen LogP contribution < -0.4 is 5.32 Å².